The maximum absolute atomic E-state index is 12.9. The molecule has 0 amide bonds. The fraction of sp³-hybridized carbons (Fsp3) is 0.217. The number of halogens is 3. The largest absolute Gasteiger partial charge is 0.363 e. The summed E-state index contributed by atoms with van der Waals surface area (Å²) in [4.78, 5) is 2.47. The SMILES string of the molecule is O=S(=O)(NC1CCN(c2ccc(Cl)cc2Cl)C(c2ccc(Cl)cc2)C1)c1ccccc1. The fourth-order valence-electron chi connectivity index (χ4n) is 3.96. The van der Waals surface area contributed by atoms with Gasteiger partial charge in [-0.05, 0) is 60.9 Å². The number of anilines is 1. The Hall–Kier alpha value is -1.76. The van der Waals surface area contributed by atoms with Gasteiger partial charge in [-0.1, -0.05) is 65.1 Å². The van der Waals surface area contributed by atoms with E-state index in [-0.39, 0.29) is 17.0 Å². The van der Waals surface area contributed by atoms with E-state index in [0.29, 0.717) is 34.5 Å². The van der Waals surface area contributed by atoms with Crippen molar-refractivity contribution in [2.24, 2.45) is 0 Å². The van der Waals surface area contributed by atoms with Gasteiger partial charge < -0.3 is 4.90 Å². The lowest BCUT2D eigenvalue weighted by molar-refractivity contribution is 0.395. The number of sulfonamides is 1. The van der Waals surface area contributed by atoms with Crippen molar-refractivity contribution in [3.63, 3.8) is 0 Å². The molecule has 1 N–H and O–H groups in total. The van der Waals surface area contributed by atoms with Crippen molar-refractivity contribution >= 4 is 50.5 Å². The van der Waals surface area contributed by atoms with Crippen LogP contribution in [-0.4, -0.2) is 21.0 Å². The van der Waals surface area contributed by atoms with E-state index in [0.717, 1.165) is 11.3 Å². The third kappa shape index (κ3) is 5.18. The summed E-state index contributed by atoms with van der Waals surface area (Å²) in [5.41, 5.74) is 1.91. The number of hydrogen-bond donors (Lipinski definition) is 1. The highest BCUT2D eigenvalue weighted by atomic mass is 35.5. The van der Waals surface area contributed by atoms with Crippen molar-refractivity contribution in [3.05, 3.63) is 93.4 Å². The van der Waals surface area contributed by atoms with E-state index in [1.165, 1.54) is 0 Å². The summed E-state index contributed by atoms with van der Waals surface area (Å²) in [6.45, 7) is 0.636. The van der Waals surface area contributed by atoms with Crippen LogP contribution in [-0.2, 0) is 10.0 Å². The van der Waals surface area contributed by atoms with Gasteiger partial charge in [-0.25, -0.2) is 13.1 Å². The Morgan fingerprint density at radius 2 is 1.55 bits per heavy atom. The minimum absolute atomic E-state index is 0.0758. The van der Waals surface area contributed by atoms with Gasteiger partial charge in [0.2, 0.25) is 10.0 Å². The van der Waals surface area contributed by atoms with E-state index in [1.54, 1.807) is 36.4 Å². The minimum Gasteiger partial charge on any atom is -0.363 e. The average molecular weight is 496 g/mol. The molecule has 4 nitrogen and oxygen atoms in total. The van der Waals surface area contributed by atoms with Crippen LogP contribution in [0.5, 0.6) is 0 Å². The highest BCUT2D eigenvalue weighted by molar-refractivity contribution is 7.89. The molecule has 0 bridgehead atoms. The summed E-state index contributed by atoms with van der Waals surface area (Å²) in [7, 11) is -3.60. The molecular formula is C23H21Cl3N2O2S. The molecule has 1 fully saturated rings. The quantitative estimate of drug-likeness (QED) is 0.449. The summed E-state index contributed by atoms with van der Waals surface area (Å²) >= 11 is 18.7. The van der Waals surface area contributed by atoms with Crippen LogP contribution in [0.25, 0.3) is 0 Å². The van der Waals surface area contributed by atoms with Crippen molar-refractivity contribution in [2.45, 2.75) is 29.8 Å². The van der Waals surface area contributed by atoms with Crippen LogP contribution < -0.4 is 9.62 Å². The van der Waals surface area contributed by atoms with E-state index in [9.17, 15) is 8.42 Å². The van der Waals surface area contributed by atoms with Crippen molar-refractivity contribution in [3.8, 4) is 0 Å². The molecule has 0 radical (unpaired) electrons. The molecule has 3 aromatic carbocycles. The van der Waals surface area contributed by atoms with Gasteiger partial charge in [-0.2, -0.15) is 0 Å². The number of piperidine rings is 1. The summed E-state index contributed by atoms with van der Waals surface area (Å²) in [6.07, 6.45) is 1.24. The standard InChI is InChI=1S/C23H21Cl3N2O2S/c24-17-8-6-16(7-9-17)23-15-19(27-31(29,30)20-4-2-1-3-5-20)12-13-28(23)22-11-10-18(25)14-21(22)26/h1-11,14,19,23,27H,12-13,15H2. The first-order valence-electron chi connectivity index (χ1n) is 9.88. The number of nitrogens with zero attached hydrogens (tertiary/aromatic N) is 1. The van der Waals surface area contributed by atoms with Crippen molar-refractivity contribution < 1.29 is 8.42 Å². The van der Waals surface area contributed by atoms with Crippen LogP contribution in [0.2, 0.25) is 15.1 Å². The minimum atomic E-state index is -3.60. The number of hydrogen-bond acceptors (Lipinski definition) is 3. The molecule has 162 valence electrons. The van der Waals surface area contributed by atoms with Crippen molar-refractivity contribution in [2.75, 3.05) is 11.4 Å². The van der Waals surface area contributed by atoms with E-state index in [2.05, 4.69) is 9.62 Å². The average Bonchev–Trinajstić information content (AvgIpc) is 2.75. The summed E-state index contributed by atoms with van der Waals surface area (Å²) in [6, 6.07) is 21.2. The van der Waals surface area contributed by atoms with E-state index < -0.39 is 10.0 Å². The Morgan fingerprint density at radius 1 is 0.871 bits per heavy atom. The van der Waals surface area contributed by atoms with Gasteiger partial charge in [0.05, 0.1) is 21.6 Å². The van der Waals surface area contributed by atoms with Crippen molar-refractivity contribution in [1.29, 1.82) is 0 Å². The lowest BCUT2D eigenvalue weighted by Gasteiger charge is -2.42. The highest BCUT2D eigenvalue weighted by Crippen LogP contribution is 2.39. The van der Waals surface area contributed by atoms with E-state index in [4.69, 9.17) is 34.8 Å². The maximum atomic E-state index is 12.9. The summed E-state index contributed by atoms with van der Waals surface area (Å²) < 4.78 is 28.6. The van der Waals surface area contributed by atoms with Gasteiger partial charge in [0.25, 0.3) is 0 Å². The molecule has 31 heavy (non-hydrogen) atoms. The smallest absolute Gasteiger partial charge is 0.240 e. The zero-order chi connectivity index (χ0) is 22.0. The van der Waals surface area contributed by atoms with E-state index >= 15 is 0 Å². The summed E-state index contributed by atoms with van der Waals surface area (Å²) in [5.74, 6) is 0. The molecule has 1 aliphatic rings. The second-order valence-corrected chi connectivity index (χ2v) is 10.5. The van der Waals surface area contributed by atoms with Crippen molar-refractivity contribution in [1.82, 2.24) is 4.72 Å². The number of nitrogens with one attached hydrogen (secondary N) is 1. The lowest BCUT2D eigenvalue weighted by atomic mass is 9.91. The molecule has 0 aliphatic carbocycles. The van der Waals surface area contributed by atoms with Crippen LogP contribution in [0, 0.1) is 0 Å². The molecular weight excluding hydrogens is 475 g/mol. The van der Waals surface area contributed by atoms with Gasteiger partial charge in [0, 0.05) is 22.6 Å². The molecule has 3 aromatic rings. The molecule has 0 spiro atoms. The molecule has 1 aliphatic heterocycles. The highest BCUT2D eigenvalue weighted by Gasteiger charge is 2.33. The fourth-order valence-corrected chi connectivity index (χ4v) is 5.91. The number of rotatable bonds is 5. The second kappa shape index (κ2) is 9.39. The Labute approximate surface area is 197 Å². The maximum Gasteiger partial charge on any atom is 0.240 e. The van der Waals surface area contributed by atoms with Crippen LogP contribution in [0.15, 0.2) is 77.7 Å². The van der Waals surface area contributed by atoms with Crippen LogP contribution in [0.3, 0.4) is 0 Å². The topological polar surface area (TPSA) is 49.4 Å². The first-order valence-corrected chi connectivity index (χ1v) is 12.5. The molecule has 8 heteroatoms. The van der Waals surface area contributed by atoms with Gasteiger partial charge in [-0.3, -0.25) is 0 Å². The molecule has 0 aromatic heterocycles. The van der Waals surface area contributed by atoms with Gasteiger partial charge in [0.15, 0.2) is 0 Å². The first kappa shape index (κ1) is 22.4. The third-order valence-electron chi connectivity index (χ3n) is 5.45. The molecule has 1 saturated heterocycles. The third-order valence-corrected chi connectivity index (χ3v) is 7.78. The van der Waals surface area contributed by atoms with Crippen LogP contribution >= 0.6 is 34.8 Å². The molecule has 2 atom stereocenters. The van der Waals surface area contributed by atoms with Gasteiger partial charge in [0.1, 0.15) is 0 Å². The monoisotopic (exact) mass is 494 g/mol. The zero-order valence-corrected chi connectivity index (χ0v) is 19.6. The van der Waals surface area contributed by atoms with E-state index in [1.807, 2.05) is 36.4 Å². The predicted octanol–water partition coefficient (Wildman–Crippen LogP) is 6.34. The Balaban J connectivity index is 1.63. The zero-order valence-electron chi connectivity index (χ0n) is 16.5. The molecule has 1 heterocycles. The molecule has 0 saturated carbocycles. The Bertz CT molecular complexity index is 1160. The molecule has 2 unspecified atom stereocenters. The van der Waals surface area contributed by atoms with Crippen LogP contribution in [0.4, 0.5) is 5.69 Å². The normalized spacial score (nSPS) is 19.4. The molecule has 4 rings (SSSR count). The van der Waals surface area contributed by atoms with Crippen LogP contribution in [0.1, 0.15) is 24.4 Å². The Morgan fingerprint density at radius 3 is 2.23 bits per heavy atom. The second-order valence-electron chi connectivity index (χ2n) is 7.51. The van der Waals surface area contributed by atoms with Gasteiger partial charge >= 0.3 is 0 Å². The predicted molar refractivity (Wildman–Crippen MR) is 128 cm³/mol. The van der Waals surface area contributed by atoms with Gasteiger partial charge in [-0.15, -0.1) is 0 Å². The Kier molecular flexibility index (Phi) is 6.80. The lowest BCUT2D eigenvalue weighted by Crippen LogP contribution is -2.46. The number of benzene rings is 3. The first-order chi connectivity index (χ1) is 14.8. The summed E-state index contributed by atoms with van der Waals surface area (Å²) in [5, 5.41) is 1.79.